The van der Waals surface area contributed by atoms with Crippen molar-refractivity contribution in [2.45, 2.75) is 38.4 Å². The van der Waals surface area contributed by atoms with Crippen LogP contribution in [0.15, 0.2) is 0 Å². The van der Waals surface area contributed by atoms with Crippen LogP contribution in [0, 0.1) is 0 Å². The van der Waals surface area contributed by atoms with Crippen LogP contribution in [0.5, 0.6) is 0 Å². The molecule has 16 heavy (non-hydrogen) atoms. The highest BCUT2D eigenvalue weighted by Crippen LogP contribution is 2.40. The number of nitrogens with one attached hydrogen (secondary N) is 1. The van der Waals surface area contributed by atoms with Gasteiger partial charge in [-0.25, -0.2) is 4.79 Å². The molecule has 0 saturated carbocycles. The summed E-state index contributed by atoms with van der Waals surface area (Å²) in [6, 6.07) is 0. The van der Waals surface area contributed by atoms with Crippen LogP contribution in [0.3, 0.4) is 0 Å². The molecule has 0 aromatic carbocycles. The lowest BCUT2D eigenvalue weighted by molar-refractivity contribution is 0.0295. The lowest BCUT2D eigenvalue weighted by Gasteiger charge is -2.20. The molecule has 1 aromatic rings. The smallest absolute Gasteiger partial charge is 0.359 e. The van der Waals surface area contributed by atoms with Crippen molar-refractivity contribution >= 4 is 5.97 Å². The zero-order chi connectivity index (χ0) is 11.1. The van der Waals surface area contributed by atoms with Crippen LogP contribution in [0.25, 0.3) is 0 Å². The van der Waals surface area contributed by atoms with E-state index in [1.807, 2.05) is 0 Å². The second-order valence-electron chi connectivity index (χ2n) is 4.21. The van der Waals surface area contributed by atoms with Crippen molar-refractivity contribution in [2.75, 3.05) is 6.61 Å². The van der Waals surface area contributed by atoms with Gasteiger partial charge in [-0.15, -0.1) is 0 Å². The van der Waals surface area contributed by atoms with Crippen molar-refractivity contribution in [2.24, 2.45) is 0 Å². The highest BCUT2D eigenvalue weighted by molar-refractivity contribution is 5.89. The second kappa shape index (κ2) is 3.59. The van der Waals surface area contributed by atoms with Gasteiger partial charge in [0.05, 0.1) is 24.5 Å². The molecule has 2 aliphatic heterocycles. The van der Waals surface area contributed by atoms with Crippen molar-refractivity contribution in [3.8, 4) is 0 Å². The third-order valence-corrected chi connectivity index (χ3v) is 3.23. The van der Waals surface area contributed by atoms with Crippen molar-refractivity contribution in [3.05, 3.63) is 17.0 Å². The number of carbonyl (C=O) groups excluding carboxylic acids is 1. The van der Waals surface area contributed by atoms with E-state index in [0.29, 0.717) is 12.3 Å². The van der Waals surface area contributed by atoms with E-state index in [0.717, 1.165) is 30.5 Å². The van der Waals surface area contributed by atoms with E-state index in [-0.39, 0.29) is 18.2 Å². The van der Waals surface area contributed by atoms with Crippen molar-refractivity contribution < 1.29 is 14.3 Å². The molecule has 1 N–H and O–H groups in total. The Morgan fingerprint density at radius 1 is 1.62 bits per heavy atom. The molecular weight excluding hydrogens is 208 g/mol. The van der Waals surface area contributed by atoms with Crippen LogP contribution >= 0.6 is 0 Å². The van der Waals surface area contributed by atoms with Crippen LogP contribution in [0.1, 0.15) is 47.6 Å². The van der Waals surface area contributed by atoms with Crippen LogP contribution in [0.4, 0.5) is 0 Å². The van der Waals surface area contributed by atoms with E-state index in [2.05, 4.69) is 10.2 Å². The summed E-state index contributed by atoms with van der Waals surface area (Å²) in [5.41, 5.74) is 2.41. The summed E-state index contributed by atoms with van der Waals surface area (Å²) in [5, 5.41) is 6.97. The SMILES string of the molecule is CCOC(=O)c1n[nH]c2c1CC1CCC2O1. The minimum absolute atomic E-state index is 0.101. The molecule has 5 heteroatoms. The van der Waals surface area contributed by atoms with Crippen molar-refractivity contribution in [1.82, 2.24) is 10.2 Å². The van der Waals surface area contributed by atoms with E-state index in [1.165, 1.54) is 0 Å². The number of rotatable bonds is 2. The second-order valence-corrected chi connectivity index (χ2v) is 4.21. The first kappa shape index (κ1) is 9.84. The van der Waals surface area contributed by atoms with E-state index in [1.54, 1.807) is 6.92 Å². The van der Waals surface area contributed by atoms with E-state index >= 15 is 0 Å². The Hall–Kier alpha value is -1.36. The number of ether oxygens (including phenoxy) is 2. The van der Waals surface area contributed by atoms with Crippen LogP contribution in [-0.2, 0) is 15.9 Å². The Kier molecular flexibility index (Phi) is 2.21. The summed E-state index contributed by atoms with van der Waals surface area (Å²) in [5.74, 6) is -0.332. The topological polar surface area (TPSA) is 64.2 Å². The Bertz CT molecular complexity index is 427. The number of hydrogen-bond donors (Lipinski definition) is 1. The van der Waals surface area contributed by atoms with E-state index in [9.17, 15) is 4.79 Å². The van der Waals surface area contributed by atoms with Crippen LogP contribution in [-0.4, -0.2) is 28.9 Å². The standard InChI is InChI=1S/C11H14N2O3/c1-2-15-11(14)10-7-5-6-3-4-8(16-6)9(7)12-13-10/h6,8H,2-5H2,1H3,(H,12,13). The first-order valence-corrected chi connectivity index (χ1v) is 5.69. The Labute approximate surface area is 93.1 Å². The number of aromatic amines is 1. The summed E-state index contributed by atoms with van der Waals surface area (Å²) in [7, 11) is 0. The molecule has 1 saturated heterocycles. The molecule has 0 radical (unpaired) electrons. The zero-order valence-corrected chi connectivity index (χ0v) is 9.16. The zero-order valence-electron chi connectivity index (χ0n) is 9.16. The first-order valence-electron chi connectivity index (χ1n) is 5.69. The number of esters is 1. The van der Waals surface area contributed by atoms with E-state index in [4.69, 9.17) is 9.47 Å². The molecule has 2 bridgehead atoms. The average Bonchev–Trinajstić information content (AvgIpc) is 2.85. The van der Waals surface area contributed by atoms with Gasteiger partial charge in [0.15, 0.2) is 5.69 Å². The van der Waals surface area contributed by atoms with Gasteiger partial charge in [0.1, 0.15) is 0 Å². The van der Waals surface area contributed by atoms with Crippen molar-refractivity contribution in [3.63, 3.8) is 0 Å². The molecule has 0 aliphatic carbocycles. The molecule has 86 valence electrons. The molecule has 3 rings (SSSR count). The summed E-state index contributed by atoms with van der Waals surface area (Å²) < 4.78 is 10.7. The quantitative estimate of drug-likeness (QED) is 0.767. The molecule has 5 nitrogen and oxygen atoms in total. The molecule has 2 unspecified atom stereocenters. The van der Waals surface area contributed by atoms with Crippen LogP contribution in [0.2, 0.25) is 0 Å². The Balaban J connectivity index is 1.95. The molecule has 0 spiro atoms. The first-order chi connectivity index (χ1) is 7.79. The molecule has 0 amide bonds. The lowest BCUT2D eigenvalue weighted by atomic mass is 10.0. The fourth-order valence-electron chi connectivity index (χ4n) is 2.52. The number of nitrogens with zero attached hydrogens (tertiary/aromatic N) is 1. The van der Waals surface area contributed by atoms with Gasteiger partial charge in [-0.2, -0.15) is 5.10 Å². The summed E-state index contributed by atoms with van der Waals surface area (Å²) in [6.07, 6.45) is 3.21. The number of hydrogen-bond acceptors (Lipinski definition) is 4. The van der Waals surface area contributed by atoms with Gasteiger partial charge in [0.25, 0.3) is 0 Å². The molecule has 1 aromatic heterocycles. The van der Waals surface area contributed by atoms with Gasteiger partial charge >= 0.3 is 5.97 Å². The fourth-order valence-corrected chi connectivity index (χ4v) is 2.52. The Morgan fingerprint density at radius 2 is 2.50 bits per heavy atom. The number of H-pyrrole nitrogens is 1. The van der Waals surface area contributed by atoms with Gasteiger partial charge in [-0.1, -0.05) is 0 Å². The number of aromatic nitrogens is 2. The monoisotopic (exact) mass is 222 g/mol. The Morgan fingerprint density at radius 3 is 3.31 bits per heavy atom. The highest BCUT2D eigenvalue weighted by Gasteiger charge is 2.38. The average molecular weight is 222 g/mol. The summed E-state index contributed by atoms with van der Waals surface area (Å²) >= 11 is 0. The van der Waals surface area contributed by atoms with Gasteiger partial charge in [-0.05, 0) is 19.8 Å². The maximum Gasteiger partial charge on any atom is 0.359 e. The van der Waals surface area contributed by atoms with Crippen molar-refractivity contribution in [1.29, 1.82) is 0 Å². The molecule has 2 atom stereocenters. The normalized spacial score (nSPS) is 26.6. The maximum absolute atomic E-state index is 11.7. The molecule has 1 fully saturated rings. The molecular formula is C11H14N2O3. The fraction of sp³-hybridized carbons (Fsp3) is 0.636. The largest absolute Gasteiger partial charge is 0.461 e. The van der Waals surface area contributed by atoms with Gasteiger partial charge < -0.3 is 9.47 Å². The maximum atomic E-state index is 11.7. The summed E-state index contributed by atoms with van der Waals surface area (Å²) in [6.45, 7) is 2.17. The minimum atomic E-state index is -0.332. The highest BCUT2D eigenvalue weighted by atomic mass is 16.5. The van der Waals surface area contributed by atoms with Crippen LogP contribution < -0.4 is 0 Å². The molecule has 2 aliphatic rings. The molecule has 3 heterocycles. The predicted octanol–water partition coefficient (Wildman–Crippen LogP) is 1.36. The van der Waals surface area contributed by atoms with Gasteiger partial charge in [0.2, 0.25) is 0 Å². The van der Waals surface area contributed by atoms with Gasteiger partial charge in [-0.3, -0.25) is 5.10 Å². The summed E-state index contributed by atoms with van der Waals surface area (Å²) in [4.78, 5) is 11.7. The van der Waals surface area contributed by atoms with Gasteiger partial charge in [0, 0.05) is 12.0 Å². The lowest BCUT2D eigenvalue weighted by Crippen LogP contribution is -2.19. The third kappa shape index (κ3) is 1.35. The number of carbonyl (C=O) groups is 1. The van der Waals surface area contributed by atoms with E-state index < -0.39 is 0 Å². The predicted molar refractivity (Wildman–Crippen MR) is 55.1 cm³/mol. The third-order valence-electron chi connectivity index (χ3n) is 3.23. The number of fused-ring (bicyclic) bond motifs is 4. The minimum Gasteiger partial charge on any atom is -0.461 e.